The minimum atomic E-state index is -0.638. The van der Waals surface area contributed by atoms with Gasteiger partial charge in [-0.15, -0.1) is 11.3 Å². The van der Waals surface area contributed by atoms with Gasteiger partial charge in [-0.1, -0.05) is 6.07 Å². The van der Waals surface area contributed by atoms with E-state index >= 15 is 0 Å². The number of halogens is 2. The number of ether oxygens (including phenoxy) is 1. The SMILES string of the molecule is CCOc1ccc(C(=O)NCC(=O)Nc2ncc(Cc3ccc(F)cc3F)s2)cc1. The zero-order valence-corrected chi connectivity index (χ0v) is 16.9. The molecule has 0 bridgehead atoms. The topological polar surface area (TPSA) is 80.3 Å². The Labute approximate surface area is 175 Å². The summed E-state index contributed by atoms with van der Waals surface area (Å²) in [5.41, 5.74) is 0.740. The standard InChI is InChI=1S/C21H19F2N3O3S/c1-2-29-16-7-4-13(5-8-16)20(28)24-12-19(27)26-21-25-11-17(30-21)9-14-3-6-15(22)10-18(14)23/h3-8,10-11H,2,9,12H2,1H3,(H,24,28)(H,25,26,27). The summed E-state index contributed by atoms with van der Waals surface area (Å²) in [5, 5.41) is 5.44. The number of thiazole rings is 1. The van der Waals surface area contributed by atoms with Gasteiger partial charge in [-0.25, -0.2) is 13.8 Å². The van der Waals surface area contributed by atoms with Gasteiger partial charge in [0, 0.05) is 29.1 Å². The fourth-order valence-electron chi connectivity index (χ4n) is 2.60. The molecule has 0 aliphatic carbocycles. The minimum Gasteiger partial charge on any atom is -0.494 e. The van der Waals surface area contributed by atoms with E-state index < -0.39 is 17.5 Å². The molecule has 1 aromatic heterocycles. The Morgan fingerprint density at radius 3 is 2.60 bits per heavy atom. The number of benzene rings is 2. The Bertz CT molecular complexity index is 1040. The Kier molecular flexibility index (Phi) is 7.08. The molecule has 2 amide bonds. The summed E-state index contributed by atoms with van der Waals surface area (Å²) in [6, 6.07) is 9.97. The molecule has 0 saturated carbocycles. The molecule has 0 spiro atoms. The third-order valence-corrected chi connectivity index (χ3v) is 4.93. The first kappa shape index (κ1) is 21.4. The number of anilines is 1. The molecule has 0 aliphatic heterocycles. The van der Waals surface area contributed by atoms with Crippen molar-refractivity contribution in [2.45, 2.75) is 13.3 Å². The smallest absolute Gasteiger partial charge is 0.251 e. The first-order chi connectivity index (χ1) is 14.4. The van der Waals surface area contributed by atoms with Gasteiger partial charge in [-0.05, 0) is 42.8 Å². The van der Waals surface area contributed by atoms with Crippen LogP contribution in [0.5, 0.6) is 5.75 Å². The minimum absolute atomic E-state index is 0.229. The van der Waals surface area contributed by atoms with Gasteiger partial charge in [-0.2, -0.15) is 0 Å². The largest absolute Gasteiger partial charge is 0.494 e. The molecular formula is C21H19F2N3O3S. The van der Waals surface area contributed by atoms with Crippen LogP contribution in [-0.2, 0) is 11.2 Å². The number of nitrogens with one attached hydrogen (secondary N) is 2. The first-order valence-corrected chi connectivity index (χ1v) is 9.95. The summed E-state index contributed by atoms with van der Waals surface area (Å²) in [5.74, 6) is -1.44. The maximum absolute atomic E-state index is 13.8. The predicted molar refractivity (Wildman–Crippen MR) is 110 cm³/mol. The van der Waals surface area contributed by atoms with Crippen LogP contribution < -0.4 is 15.4 Å². The van der Waals surface area contributed by atoms with Gasteiger partial charge in [0.1, 0.15) is 17.4 Å². The molecule has 6 nitrogen and oxygen atoms in total. The molecule has 0 radical (unpaired) electrons. The van der Waals surface area contributed by atoms with Crippen molar-refractivity contribution < 1.29 is 23.1 Å². The molecule has 156 valence electrons. The zero-order valence-electron chi connectivity index (χ0n) is 16.1. The van der Waals surface area contributed by atoms with Gasteiger partial charge in [-0.3, -0.25) is 9.59 Å². The van der Waals surface area contributed by atoms with Crippen LogP contribution in [0.2, 0.25) is 0 Å². The first-order valence-electron chi connectivity index (χ1n) is 9.14. The number of nitrogens with zero attached hydrogens (tertiary/aromatic N) is 1. The number of carbonyl (C=O) groups excluding carboxylic acids is 2. The molecule has 0 fully saturated rings. The van der Waals surface area contributed by atoms with Crippen LogP contribution in [0.1, 0.15) is 27.7 Å². The van der Waals surface area contributed by atoms with E-state index in [9.17, 15) is 18.4 Å². The fraction of sp³-hybridized carbons (Fsp3) is 0.190. The lowest BCUT2D eigenvalue weighted by atomic mass is 10.1. The van der Waals surface area contributed by atoms with Crippen LogP contribution >= 0.6 is 11.3 Å². The second-order valence-electron chi connectivity index (χ2n) is 6.23. The third-order valence-electron chi connectivity index (χ3n) is 4.02. The lowest BCUT2D eigenvalue weighted by molar-refractivity contribution is -0.115. The second-order valence-corrected chi connectivity index (χ2v) is 7.35. The molecule has 3 rings (SSSR count). The van der Waals surface area contributed by atoms with Gasteiger partial charge in [0.2, 0.25) is 5.91 Å². The normalized spacial score (nSPS) is 10.5. The number of carbonyl (C=O) groups is 2. The molecule has 1 heterocycles. The Morgan fingerprint density at radius 2 is 1.90 bits per heavy atom. The highest BCUT2D eigenvalue weighted by molar-refractivity contribution is 7.15. The maximum Gasteiger partial charge on any atom is 0.251 e. The molecule has 0 atom stereocenters. The van der Waals surface area contributed by atoms with Crippen molar-refractivity contribution in [1.29, 1.82) is 0 Å². The van der Waals surface area contributed by atoms with Crippen molar-refractivity contribution in [2.75, 3.05) is 18.5 Å². The number of hydrogen-bond acceptors (Lipinski definition) is 5. The summed E-state index contributed by atoms with van der Waals surface area (Å²) in [6.07, 6.45) is 1.75. The molecule has 0 aliphatic rings. The summed E-state index contributed by atoms with van der Waals surface area (Å²) in [4.78, 5) is 29.0. The van der Waals surface area contributed by atoms with Crippen LogP contribution in [-0.4, -0.2) is 29.9 Å². The van der Waals surface area contributed by atoms with Crippen molar-refractivity contribution >= 4 is 28.3 Å². The average molecular weight is 431 g/mol. The van der Waals surface area contributed by atoms with Gasteiger partial charge >= 0.3 is 0 Å². The van der Waals surface area contributed by atoms with Gasteiger partial charge in [0.25, 0.3) is 5.91 Å². The van der Waals surface area contributed by atoms with E-state index in [2.05, 4.69) is 15.6 Å². The fourth-order valence-corrected chi connectivity index (χ4v) is 3.45. The molecule has 2 aromatic carbocycles. The lowest BCUT2D eigenvalue weighted by Crippen LogP contribution is -2.32. The van der Waals surface area contributed by atoms with Gasteiger partial charge < -0.3 is 15.4 Å². The molecule has 0 saturated heterocycles. The lowest BCUT2D eigenvalue weighted by Gasteiger charge is -2.06. The summed E-state index contributed by atoms with van der Waals surface area (Å²) >= 11 is 1.18. The van der Waals surface area contributed by atoms with Gasteiger partial charge in [0.15, 0.2) is 5.13 Å². The van der Waals surface area contributed by atoms with Crippen LogP contribution in [0.3, 0.4) is 0 Å². The van der Waals surface area contributed by atoms with Crippen LogP contribution in [0.25, 0.3) is 0 Å². The zero-order chi connectivity index (χ0) is 21.5. The number of amides is 2. The molecule has 9 heteroatoms. The van der Waals surface area contributed by atoms with Crippen molar-refractivity contribution in [3.8, 4) is 5.75 Å². The number of aromatic nitrogens is 1. The molecule has 2 N–H and O–H groups in total. The maximum atomic E-state index is 13.8. The summed E-state index contributed by atoms with van der Waals surface area (Å²) < 4.78 is 32.1. The highest BCUT2D eigenvalue weighted by Crippen LogP contribution is 2.22. The molecular weight excluding hydrogens is 412 g/mol. The predicted octanol–water partition coefficient (Wildman–Crippen LogP) is 3.78. The highest BCUT2D eigenvalue weighted by Gasteiger charge is 2.12. The van der Waals surface area contributed by atoms with Crippen molar-refractivity contribution in [1.82, 2.24) is 10.3 Å². The van der Waals surface area contributed by atoms with E-state index in [-0.39, 0.29) is 18.9 Å². The van der Waals surface area contributed by atoms with Crippen LogP contribution in [0, 0.1) is 11.6 Å². The van der Waals surface area contributed by atoms with Crippen molar-refractivity contribution in [3.05, 3.63) is 76.3 Å². The summed E-state index contributed by atoms with van der Waals surface area (Å²) in [6.45, 7) is 2.17. The highest BCUT2D eigenvalue weighted by atomic mass is 32.1. The summed E-state index contributed by atoms with van der Waals surface area (Å²) in [7, 11) is 0. The monoisotopic (exact) mass is 431 g/mol. The quantitative estimate of drug-likeness (QED) is 0.569. The van der Waals surface area contributed by atoms with Crippen molar-refractivity contribution in [3.63, 3.8) is 0 Å². The average Bonchev–Trinajstić information content (AvgIpc) is 3.16. The molecule has 30 heavy (non-hydrogen) atoms. The van der Waals surface area contributed by atoms with Crippen molar-refractivity contribution in [2.24, 2.45) is 0 Å². The van der Waals surface area contributed by atoms with Gasteiger partial charge in [0.05, 0.1) is 13.2 Å². The molecule has 3 aromatic rings. The Hall–Kier alpha value is -3.33. The van der Waals surface area contributed by atoms with Crippen LogP contribution in [0.4, 0.5) is 13.9 Å². The van der Waals surface area contributed by atoms with E-state index in [1.54, 1.807) is 24.3 Å². The third kappa shape index (κ3) is 5.84. The number of rotatable bonds is 8. The number of hydrogen-bond donors (Lipinski definition) is 2. The van der Waals surface area contributed by atoms with Crippen LogP contribution in [0.15, 0.2) is 48.7 Å². The Morgan fingerprint density at radius 1 is 1.13 bits per heavy atom. The van der Waals surface area contributed by atoms with E-state index in [4.69, 9.17) is 4.74 Å². The molecule has 0 unspecified atom stereocenters. The van der Waals surface area contributed by atoms with E-state index in [0.29, 0.717) is 33.5 Å². The van der Waals surface area contributed by atoms with E-state index in [1.165, 1.54) is 29.7 Å². The van der Waals surface area contributed by atoms with E-state index in [1.807, 2.05) is 6.92 Å². The van der Waals surface area contributed by atoms with E-state index in [0.717, 1.165) is 6.07 Å². The Balaban J connectivity index is 1.49. The second kappa shape index (κ2) is 9.93.